The van der Waals surface area contributed by atoms with Crippen LogP contribution in [-0.2, 0) is 6.42 Å². The second-order valence-electron chi connectivity index (χ2n) is 5.03. The summed E-state index contributed by atoms with van der Waals surface area (Å²) in [5.41, 5.74) is 2.81. The summed E-state index contributed by atoms with van der Waals surface area (Å²) in [6.07, 6.45) is 1.54. The zero-order valence-corrected chi connectivity index (χ0v) is 11.8. The van der Waals surface area contributed by atoms with E-state index in [-0.39, 0.29) is 11.9 Å². The topological polar surface area (TPSA) is 12.0 Å². The normalized spacial score (nSPS) is 12.4. The Morgan fingerprint density at radius 3 is 2.40 bits per heavy atom. The van der Waals surface area contributed by atoms with Crippen molar-refractivity contribution in [2.24, 2.45) is 0 Å². The molecule has 2 rings (SSSR count). The quantitative estimate of drug-likeness (QED) is 0.863. The summed E-state index contributed by atoms with van der Waals surface area (Å²) in [6, 6.07) is 11.7. The highest BCUT2D eigenvalue weighted by atomic mass is 19.1. The predicted octanol–water partition coefficient (Wildman–Crippen LogP) is 4.17. The van der Waals surface area contributed by atoms with Crippen LogP contribution in [0.1, 0.15) is 29.2 Å². The summed E-state index contributed by atoms with van der Waals surface area (Å²) >= 11 is 0. The number of aryl methyl sites for hydroxylation is 2. The van der Waals surface area contributed by atoms with Crippen molar-refractivity contribution in [3.8, 4) is 0 Å². The van der Waals surface area contributed by atoms with Gasteiger partial charge in [0.05, 0.1) is 0 Å². The average molecular weight is 275 g/mol. The summed E-state index contributed by atoms with van der Waals surface area (Å²) in [5, 5.41) is 3.06. The molecule has 2 aromatic rings. The summed E-state index contributed by atoms with van der Waals surface area (Å²) in [6.45, 7) is 2.04. The van der Waals surface area contributed by atoms with Gasteiger partial charge >= 0.3 is 0 Å². The van der Waals surface area contributed by atoms with Crippen LogP contribution in [0.2, 0.25) is 0 Å². The van der Waals surface area contributed by atoms with E-state index < -0.39 is 5.82 Å². The van der Waals surface area contributed by atoms with Crippen LogP contribution in [0.3, 0.4) is 0 Å². The van der Waals surface area contributed by atoms with Crippen LogP contribution in [0, 0.1) is 18.6 Å². The fourth-order valence-electron chi connectivity index (χ4n) is 2.30. The van der Waals surface area contributed by atoms with Crippen molar-refractivity contribution in [1.82, 2.24) is 5.32 Å². The van der Waals surface area contributed by atoms with Gasteiger partial charge in [-0.1, -0.05) is 29.8 Å². The van der Waals surface area contributed by atoms with Gasteiger partial charge in [-0.15, -0.1) is 0 Å². The van der Waals surface area contributed by atoms with Crippen LogP contribution in [0.5, 0.6) is 0 Å². The van der Waals surface area contributed by atoms with Crippen molar-refractivity contribution >= 4 is 0 Å². The first-order valence-corrected chi connectivity index (χ1v) is 6.78. The molecular formula is C17H19F2N. The Morgan fingerprint density at radius 1 is 1.05 bits per heavy atom. The predicted molar refractivity (Wildman–Crippen MR) is 77.7 cm³/mol. The first-order chi connectivity index (χ1) is 9.60. The lowest BCUT2D eigenvalue weighted by atomic mass is 9.98. The minimum atomic E-state index is -0.406. The Bertz CT molecular complexity index is 564. The highest BCUT2D eigenvalue weighted by Gasteiger charge is 2.14. The molecule has 0 saturated carbocycles. The molecule has 1 N–H and O–H groups in total. The van der Waals surface area contributed by atoms with Crippen molar-refractivity contribution in [2.45, 2.75) is 25.8 Å². The van der Waals surface area contributed by atoms with Crippen LogP contribution in [0.4, 0.5) is 8.78 Å². The summed E-state index contributed by atoms with van der Waals surface area (Å²) in [7, 11) is 1.77. The maximum atomic E-state index is 13.8. The van der Waals surface area contributed by atoms with Crippen LogP contribution < -0.4 is 5.32 Å². The Balaban J connectivity index is 2.09. The number of benzene rings is 2. The lowest BCUT2D eigenvalue weighted by Crippen LogP contribution is -2.18. The van der Waals surface area contributed by atoms with Gasteiger partial charge in [-0.05, 0) is 50.6 Å². The van der Waals surface area contributed by atoms with Crippen molar-refractivity contribution in [2.75, 3.05) is 7.05 Å². The Labute approximate surface area is 118 Å². The van der Waals surface area contributed by atoms with Gasteiger partial charge in [-0.2, -0.15) is 0 Å². The summed E-state index contributed by atoms with van der Waals surface area (Å²) in [5.74, 6) is -0.772. The molecule has 0 fully saturated rings. The Morgan fingerprint density at radius 2 is 1.75 bits per heavy atom. The van der Waals surface area contributed by atoms with Crippen molar-refractivity contribution in [1.29, 1.82) is 0 Å². The molecule has 0 aliphatic heterocycles. The standard InChI is InChI=1S/C17H19F2N/c1-12-3-5-13(6-4-12)7-10-17(20-2)15-11-14(18)8-9-16(15)19/h3-6,8-9,11,17,20H,7,10H2,1-2H3. The minimum absolute atomic E-state index is 0.188. The van der Waals surface area contributed by atoms with Gasteiger partial charge in [0, 0.05) is 11.6 Å². The SMILES string of the molecule is CNC(CCc1ccc(C)cc1)c1cc(F)ccc1F. The van der Waals surface area contributed by atoms with Gasteiger partial charge in [0.1, 0.15) is 11.6 Å². The molecule has 1 atom stereocenters. The van der Waals surface area contributed by atoms with E-state index >= 15 is 0 Å². The highest BCUT2D eigenvalue weighted by molar-refractivity contribution is 5.24. The molecule has 0 radical (unpaired) electrons. The fraction of sp³-hybridized carbons (Fsp3) is 0.294. The average Bonchev–Trinajstić information content (AvgIpc) is 2.45. The Kier molecular flexibility index (Phi) is 4.85. The lowest BCUT2D eigenvalue weighted by molar-refractivity contribution is 0.501. The number of hydrogen-bond donors (Lipinski definition) is 1. The number of nitrogens with one attached hydrogen (secondary N) is 1. The van der Waals surface area contributed by atoms with E-state index in [0.29, 0.717) is 5.56 Å². The second kappa shape index (κ2) is 6.62. The molecule has 0 amide bonds. The fourth-order valence-corrected chi connectivity index (χ4v) is 2.30. The monoisotopic (exact) mass is 275 g/mol. The smallest absolute Gasteiger partial charge is 0.128 e. The zero-order chi connectivity index (χ0) is 14.5. The largest absolute Gasteiger partial charge is 0.313 e. The minimum Gasteiger partial charge on any atom is -0.313 e. The van der Waals surface area contributed by atoms with Crippen LogP contribution in [0.15, 0.2) is 42.5 Å². The van der Waals surface area contributed by atoms with Gasteiger partial charge in [-0.25, -0.2) is 8.78 Å². The Hall–Kier alpha value is -1.74. The highest BCUT2D eigenvalue weighted by Crippen LogP contribution is 2.22. The van der Waals surface area contributed by atoms with E-state index in [0.717, 1.165) is 18.9 Å². The lowest BCUT2D eigenvalue weighted by Gasteiger charge is -2.17. The number of halogens is 2. The van der Waals surface area contributed by atoms with Gasteiger partial charge in [-0.3, -0.25) is 0 Å². The second-order valence-corrected chi connectivity index (χ2v) is 5.03. The molecule has 2 aromatic carbocycles. The van der Waals surface area contributed by atoms with Gasteiger partial charge in [0.15, 0.2) is 0 Å². The number of hydrogen-bond acceptors (Lipinski definition) is 1. The summed E-state index contributed by atoms with van der Waals surface area (Å²) in [4.78, 5) is 0. The maximum Gasteiger partial charge on any atom is 0.128 e. The van der Waals surface area contributed by atoms with E-state index in [9.17, 15) is 8.78 Å². The van der Waals surface area contributed by atoms with Gasteiger partial charge < -0.3 is 5.32 Å². The molecule has 0 bridgehead atoms. The molecule has 20 heavy (non-hydrogen) atoms. The molecule has 0 saturated heterocycles. The molecule has 0 aromatic heterocycles. The van der Waals surface area contributed by atoms with Crippen molar-refractivity contribution in [3.05, 3.63) is 70.8 Å². The first kappa shape index (κ1) is 14.7. The third kappa shape index (κ3) is 3.64. The van der Waals surface area contributed by atoms with Crippen molar-refractivity contribution < 1.29 is 8.78 Å². The van der Waals surface area contributed by atoms with E-state index in [1.165, 1.54) is 23.3 Å². The molecule has 0 spiro atoms. The zero-order valence-electron chi connectivity index (χ0n) is 11.8. The molecule has 0 aliphatic carbocycles. The molecule has 106 valence electrons. The van der Waals surface area contributed by atoms with Crippen LogP contribution in [-0.4, -0.2) is 7.05 Å². The van der Waals surface area contributed by atoms with Crippen LogP contribution in [0.25, 0.3) is 0 Å². The van der Waals surface area contributed by atoms with E-state index in [2.05, 4.69) is 29.6 Å². The molecule has 3 heteroatoms. The first-order valence-electron chi connectivity index (χ1n) is 6.78. The third-order valence-corrected chi connectivity index (χ3v) is 3.52. The van der Waals surface area contributed by atoms with Gasteiger partial charge in [0.25, 0.3) is 0 Å². The maximum absolute atomic E-state index is 13.8. The molecule has 0 aliphatic rings. The number of rotatable bonds is 5. The molecule has 1 nitrogen and oxygen atoms in total. The third-order valence-electron chi connectivity index (χ3n) is 3.52. The van der Waals surface area contributed by atoms with Gasteiger partial charge in [0.2, 0.25) is 0 Å². The molecule has 1 unspecified atom stereocenters. The summed E-state index contributed by atoms with van der Waals surface area (Å²) < 4.78 is 27.0. The van der Waals surface area contributed by atoms with E-state index in [4.69, 9.17) is 0 Å². The van der Waals surface area contributed by atoms with E-state index in [1.54, 1.807) is 7.05 Å². The molecular weight excluding hydrogens is 256 g/mol. The van der Waals surface area contributed by atoms with Crippen molar-refractivity contribution in [3.63, 3.8) is 0 Å². The van der Waals surface area contributed by atoms with Crippen LogP contribution >= 0.6 is 0 Å². The van der Waals surface area contributed by atoms with E-state index in [1.807, 2.05) is 6.92 Å². The molecule has 0 heterocycles.